The maximum absolute atomic E-state index is 9.28. The van der Waals surface area contributed by atoms with Crippen LogP contribution >= 0.6 is 12.4 Å². The van der Waals surface area contributed by atoms with Crippen molar-refractivity contribution in [3.8, 4) is 11.3 Å². The summed E-state index contributed by atoms with van der Waals surface area (Å²) in [7, 11) is 0. The van der Waals surface area contributed by atoms with Gasteiger partial charge in [0, 0.05) is 5.56 Å². The number of rotatable bonds is 8. The number of aliphatic hydroxyl groups excluding tert-OH is 2. The monoisotopic (exact) mass is 402 g/mol. The largest absolute Gasteiger partial charge is 0.394 e. The Morgan fingerprint density at radius 3 is 2.18 bits per heavy atom. The lowest BCUT2D eigenvalue weighted by atomic mass is 9.93. The first-order valence-corrected chi connectivity index (χ1v) is 9.07. The molecule has 4 N–H and O–H groups in total. The van der Waals surface area contributed by atoms with Crippen molar-refractivity contribution in [2.24, 2.45) is 5.73 Å². The smallest absolute Gasteiger partial charge is 0.113 e. The zero-order valence-electron chi connectivity index (χ0n) is 16.0. The predicted molar refractivity (Wildman–Crippen MR) is 112 cm³/mol. The first kappa shape index (κ1) is 22.0. The Hall–Kier alpha value is -2.25. The minimum atomic E-state index is -0.933. The minimum Gasteiger partial charge on any atom is -0.394 e. The summed E-state index contributed by atoms with van der Waals surface area (Å²) in [5.41, 5.74) is 10.3. The summed E-state index contributed by atoms with van der Waals surface area (Å²) in [6, 6.07) is 16.4. The van der Waals surface area contributed by atoms with Gasteiger partial charge in [-0.1, -0.05) is 59.3 Å². The average molecular weight is 403 g/mol. The molecule has 1 heterocycles. The lowest BCUT2D eigenvalue weighted by molar-refractivity contribution is 0.115. The van der Waals surface area contributed by atoms with Crippen LogP contribution in [0.5, 0.6) is 0 Å². The highest BCUT2D eigenvalue weighted by Crippen LogP contribution is 2.19. The Morgan fingerprint density at radius 2 is 1.57 bits per heavy atom. The molecule has 0 radical (unpaired) electrons. The number of aliphatic hydroxyl groups is 2. The highest BCUT2D eigenvalue weighted by atomic mass is 35.5. The van der Waals surface area contributed by atoms with E-state index in [4.69, 9.17) is 5.73 Å². The van der Waals surface area contributed by atoms with E-state index in [-0.39, 0.29) is 25.6 Å². The quantitative estimate of drug-likeness (QED) is 0.537. The fourth-order valence-corrected chi connectivity index (χ4v) is 2.83. The van der Waals surface area contributed by atoms with Crippen molar-refractivity contribution in [1.29, 1.82) is 0 Å². The predicted octanol–water partition coefficient (Wildman–Crippen LogP) is 2.34. The molecule has 6 nitrogen and oxygen atoms in total. The molecule has 0 unspecified atom stereocenters. The van der Waals surface area contributed by atoms with E-state index in [1.165, 1.54) is 11.1 Å². The van der Waals surface area contributed by atoms with Crippen molar-refractivity contribution in [3.05, 3.63) is 71.4 Å². The lowest BCUT2D eigenvalue weighted by Gasteiger charge is -2.24. The molecule has 3 aromatic rings. The molecule has 0 spiro atoms. The molecule has 7 heteroatoms. The topological polar surface area (TPSA) is 97.2 Å². The van der Waals surface area contributed by atoms with Gasteiger partial charge in [-0.05, 0) is 30.9 Å². The van der Waals surface area contributed by atoms with Crippen LogP contribution in [0.15, 0.2) is 54.7 Å². The first-order valence-electron chi connectivity index (χ1n) is 9.07. The average Bonchev–Trinajstić information content (AvgIpc) is 3.17. The van der Waals surface area contributed by atoms with Crippen LogP contribution in [0.25, 0.3) is 11.3 Å². The standard InChI is InChI=1S/C21H26N4O2.ClH/c1-16-2-4-18(5-3-16)12-25-13-20(23-24-25)19-8-6-17(7-9-19)10-11-21(22,14-26)15-27;/h2-9,13,26-27H,10-12,14-15,22H2,1H3;1H. The summed E-state index contributed by atoms with van der Waals surface area (Å²) in [5.74, 6) is 0. The SMILES string of the molecule is Cc1ccc(Cn2cc(-c3ccc(CCC(N)(CO)CO)cc3)nn2)cc1.Cl. The Kier molecular flexibility index (Phi) is 7.71. The van der Waals surface area contributed by atoms with Crippen LogP contribution in [0.2, 0.25) is 0 Å². The molecule has 0 fully saturated rings. The number of halogens is 1. The molecule has 0 saturated carbocycles. The normalized spacial score (nSPS) is 11.3. The van der Waals surface area contributed by atoms with Gasteiger partial charge in [-0.3, -0.25) is 0 Å². The van der Waals surface area contributed by atoms with Gasteiger partial charge in [0.1, 0.15) is 5.69 Å². The van der Waals surface area contributed by atoms with Crippen LogP contribution in [0, 0.1) is 6.92 Å². The summed E-state index contributed by atoms with van der Waals surface area (Å²) in [6.45, 7) is 2.30. The molecule has 2 aromatic carbocycles. The van der Waals surface area contributed by atoms with Crippen LogP contribution in [-0.4, -0.2) is 44.0 Å². The Balaban J connectivity index is 0.00000280. The molecule has 28 heavy (non-hydrogen) atoms. The Bertz CT molecular complexity index is 859. The molecule has 0 amide bonds. The van der Waals surface area contributed by atoms with Gasteiger partial charge in [0.15, 0.2) is 0 Å². The molecule has 0 atom stereocenters. The second-order valence-electron chi connectivity index (χ2n) is 7.16. The first-order chi connectivity index (χ1) is 13.0. The van der Waals surface area contributed by atoms with Gasteiger partial charge < -0.3 is 15.9 Å². The van der Waals surface area contributed by atoms with E-state index in [9.17, 15) is 10.2 Å². The molecule has 3 rings (SSSR count). The van der Waals surface area contributed by atoms with Gasteiger partial charge in [0.25, 0.3) is 0 Å². The van der Waals surface area contributed by atoms with Crippen molar-refractivity contribution >= 4 is 12.4 Å². The van der Waals surface area contributed by atoms with Crippen LogP contribution in [-0.2, 0) is 13.0 Å². The van der Waals surface area contributed by atoms with Gasteiger partial charge in [-0.25, -0.2) is 4.68 Å². The second-order valence-corrected chi connectivity index (χ2v) is 7.16. The second kappa shape index (κ2) is 9.80. The molecule has 0 aliphatic heterocycles. The number of hydrogen-bond acceptors (Lipinski definition) is 5. The van der Waals surface area contributed by atoms with Gasteiger partial charge >= 0.3 is 0 Å². The van der Waals surface area contributed by atoms with E-state index in [0.29, 0.717) is 19.4 Å². The summed E-state index contributed by atoms with van der Waals surface area (Å²) >= 11 is 0. The lowest BCUT2D eigenvalue weighted by Crippen LogP contribution is -2.47. The third-order valence-electron chi connectivity index (χ3n) is 4.79. The fraction of sp³-hybridized carbons (Fsp3) is 0.333. The number of aromatic nitrogens is 3. The molecule has 1 aromatic heterocycles. The highest BCUT2D eigenvalue weighted by molar-refractivity contribution is 5.85. The van der Waals surface area contributed by atoms with Gasteiger partial charge in [-0.2, -0.15) is 0 Å². The van der Waals surface area contributed by atoms with E-state index in [2.05, 4.69) is 41.5 Å². The zero-order valence-corrected chi connectivity index (χ0v) is 16.8. The molecule has 0 aliphatic rings. The van der Waals surface area contributed by atoms with Gasteiger partial charge in [0.2, 0.25) is 0 Å². The number of hydrogen-bond donors (Lipinski definition) is 3. The molecular weight excluding hydrogens is 376 g/mol. The minimum absolute atomic E-state index is 0. The van der Waals surface area contributed by atoms with E-state index < -0.39 is 5.54 Å². The molecule has 0 aliphatic carbocycles. The number of nitrogens with zero attached hydrogens (tertiary/aromatic N) is 3. The van der Waals surface area contributed by atoms with E-state index in [1.54, 1.807) is 0 Å². The maximum atomic E-state index is 9.28. The molecule has 150 valence electrons. The van der Waals surface area contributed by atoms with Crippen molar-refractivity contribution < 1.29 is 10.2 Å². The van der Waals surface area contributed by atoms with Crippen LogP contribution < -0.4 is 5.73 Å². The fourth-order valence-electron chi connectivity index (χ4n) is 2.83. The molecule has 0 bridgehead atoms. The highest BCUT2D eigenvalue weighted by Gasteiger charge is 2.22. The summed E-state index contributed by atoms with van der Waals surface area (Å²) in [6.07, 6.45) is 3.15. The van der Waals surface area contributed by atoms with Crippen LogP contribution in [0.4, 0.5) is 0 Å². The van der Waals surface area contributed by atoms with E-state index >= 15 is 0 Å². The molecular formula is C21H27ClN4O2. The Morgan fingerprint density at radius 1 is 0.964 bits per heavy atom. The van der Waals surface area contributed by atoms with Crippen molar-refractivity contribution in [1.82, 2.24) is 15.0 Å². The van der Waals surface area contributed by atoms with Crippen molar-refractivity contribution in [2.75, 3.05) is 13.2 Å². The maximum Gasteiger partial charge on any atom is 0.113 e. The zero-order chi connectivity index (χ0) is 19.3. The van der Waals surface area contributed by atoms with Crippen LogP contribution in [0.3, 0.4) is 0 Å². The third kappa shape index (κ3) is 5.62. The number of nitrogens with two attached hydrogens (primary N) is 1. The Labute approximate surface area is 171 Å². The van der Waals surface area contributed by atoms with E-state index in [0.717, 1.165) is 16.8 Å². The van der Waals surface area contributed by atoms with Crippen LogP contribution in [0.1, 0.15) is 23.1 Å². The number of aryl methyl sites for hydroxylation is 2. The summed E-state index contributed by atoms with van der Waals surface area (Å²) < 4.78 is 1.83. The molecule has 0 saturated heterocycles. The summed E-state index contributed by atoms with van der Waals surface area (Å²) in [4.78, 5) is 0. The van der Waals surface area contributed by atoms with Gasteiger partial charge in [0.05, 0.1) is 31.5 Å². The van der Waals surface area contributed by atoms with E-state index in [1.807, 2.05) is 35.1 Å². The number of benzene rings is 2. The van der Waals surface area contributed by atoms with Crippen molar-refractivity contribution in [3.63, 3.8) is 0 Å². The van der Waals surface area contributed by atoms with Crippen molar-refractivity contribution in [2.45, 2.75) is 31.8 Å². The van der Waals surface area contributed by atoms with Gasteiger partial charge in [-0.15, -0.1) is 17.5 Å². The third-order valence-corrected chi connectivity index (χ3v) is 4.79. The summed E-state index contributed by atoms with van der Waals surface area (Å²) in [5, 5.41) is 27.0.